The predicted octanol–water partition coefficient (Wildman–Crippen LogP) is 20.1. The number of para-hydroxylation sites is 3. The van der Waals surface area contributed by atoms with Crippen molar-refractivity contribution in [1.29, 1.82) is 0 Å². The molecule has 0 spiro atoms. The normalized spacial score (nSPS) is 13.2. The number of nitrogens with zero attached hydrogens (tertiary/aromatic N) is 3. The van der Waals surface area contributed by atoms with Crippen LogP contribution in [0.5, 0.6) is 0 Å². The Morgan fingerprint density at radius 1 is 0.457 bits per heavy atom. The summed E-state index contributed by atoms with van der Waals surface area (Å²) >= 11 is 3.77. The highest BCUT2D eigenvalue weighted by atomic mass is 32.2. The molecular weight excluding hydrogens is 1020 g/mol. The molecule has 10 aromatic carbocycles. The Hall–Kier alpha value is -8.23. The van der Waals surface area contributed by atoms with Crippen molar-refractivity contribution in [1.82, 2.24) is 0 Å². The minimum Gasteiger partial charge on any atom is -0.454 e. The van der Waals surface area contributed by atoms with Gasteiger partial charge in [-0.15, -0.1) is 11.3 Å². The molecule has 0 aliphatic carbocycles. The highest BCUT2D eigenvalue weighted by Gasteiger charge is 2.46. The van der Waals surface area contributed by atoms with Crippen molar-refractivity contribution < 1.29 is 4.42 Å². The van der Waals surface area contributed by atoms with Crippen LogP contribution in [0.4, 0.5) is 51.2 Å². The van der Waals surface area contributed by atoms with Gasteiger partial charge in [-0.1, -0.05) is 208 Å². The SMILES string of the molecule is CC(C)(C)c1ccc(N(c2ccc3c(c2)N(c2cccc4c2oc2ccccc24)c2cc(Sc4ccccc4)cc4c2B3c2sc3ccc(C(C)(C)C)cc3c2N4c2ccc(C(C)(C)C)cc2)c2ccccc2-c2ccccc2)cc1. The fourth-order valence-corrected chi connectivity index (χ4v) is 14.6. The molecule has 0 bridgehead atoms. The Labute approximate surface area is 485 Å². The highest BCUT2D eigenvalue weighted by molar-refractivity contribution is 7.99. The lowest BCUT2D eigenvalue weighted by molar-refractivity contribution is 0.590. The summed E-state index contributed by atoms with van der Waals surface area (Å²) in [7, 11) is 0. The summed E-state index contributed by atoms with van der Waals surface area (Å²) in [5, 5.41) is 3.47. The summed E-state index contributed by atoms with van der Waals surface area (Å²) in [5.41, 5.74) is 20.5. The van der Waals surface area contributed by atoms with Gasteiger partial charge in [-0.25, -0.2) is 0 Å². The number of fused-ring (bicyclic) bond motifs is 9. The van der Waals surface area contributed by atoms with Gasteiger partial charge < -0.3 is 19.1 Å². The predicted molar refractivity (Wildman–Crippen MR) is 350 cm³/mol. The second kappa shape index (κ2) is 19.2. The Bertz CT molecular complexity index is 4390. The van der Waals surface area contributed by atoms with Crippen molar-refractivity contribution in [2.75, 3.05) is 14.7 Å². The Balaban J connectivity index is 1.10. The van der Waals surface area contributed by atoms with Crippen molar-refractivity contribution in [3.05, 3.63) is 241 Å². The van der Waals surface area contributed by atoms with Crippen molar-refractivity contribution in [2.45, 2.75) is 88.3 Å². The number of hydrogen-bond acceptors (Lipinski definition) is 6. The van der Waals surface area contributed by atoms with Gasteiger partial charge in [-0.2, -0.15) is 0 Å². The average Bonchev–Trinajstić information content (AvgIpc) is 4.20. The first-order valence-corrected chi connectivity index (χ1v) is 30.0. The number of furan rings is 1. The van der Waals surface area contributed by atoms with E-state index in [4.69, 9.17) is 4.42 Å². The van der Waals surface area contributed by atoms with E-state index in [1.54, 1.807) is 0 Å². The summed E-state index contributed by atoms with van der Waals surface area (Å²) < 4.78 is 9.73. The van der Waals surface area contributed by atoms with E-state index in [1.165, 1.54) is 58.7 Å². The second-order valence-electron chi connectivity index (χ2n) is 25.0. The third kappa shape index (κ3) is 8.76. The minimum absolute atomic E-state index is 0.00536. The van der Waals surface area contributed by atoms with Gasteiger partial charge in [0.15, 0.2) is 5.58 Å². The van der Waals surface area contributed by atoms with Crippen molar-refractivity contribution in [3.8, 4) is 11.1 Å². The zero-order valence-corrected chi connectivity index (χ0v) is 49.1. The first-order valence-electron chi connectivity index (χ1n) is 28.3. The van der Waals surface area contributed by atoms with Gasteiger partial charge >= 0.3 is 0 Å². The highest BCUT2D eigenvalue weighted by Crippen LogP contribution is 2.53. The Kier molecular flexibility index (Phi) is 12.1. The first-order chi connectivity index (χ1) is 39.1. The molecular formula is C74H64BN3OS2. The molecule has 7 heteroatoms. The van der Waals surface area contributed by atoms with Crippen LogP contribution in [0.25, 0.3) is 43.2 Å². The molecule has 396 valence electrons. The van der Waals surface area contributed by atoms with Crippen LogP contribution in [-0.2, 0) is 16.2 Å². The van der Waals surface area contributed by atoms with Crippen LogP contribution in [0, 0.1) is 0 Å². The van der Waals surface area contributed by atoms with Crippen LogP contribution >= 0.6 is 23.1 Å². The molecule has 14 rings (SSSR count). The Morgan fingerprint density at radius 2 is 1.06 bits per heavy atom. The lowest BCUT2D eigenvalue weighted by Gasteiger charge is -2.44. The van der Waals surface area contributed by atoms with Crippen molar-refractivity contribution in [3.63, 3.8) is 0 Å². The van der Waals surface area contributed by atoms with Gasteiger partial charge in [0, 0.05) is 75.1 Å². The standard InChI is InChI=1S/C74H64BN3OS2/c1-72(2,3)48-31-36-51(37-32-48)76(61-28-18-16-25-56(61)47-21-12-10-13-22-47)53-40-41-60-63(44-53)78(62-29-20-27-58-57-26-17-19-30-66(57)79-70(58)62)65-46-55(80-54-23-14-11-15-24-54)45-64-68(65)75(60)71-69(59-43-50(74(7,8)9)35-42-67(59)81-71)77(64)52-38-33-49(34-39-52)73(4,5)6/h10-46H,1-9H3. The quantitative estimate of drug-likeness (QED) is 0.141. The van der Waals surface area contributed by atoms with Crippen LogP contribution in [0.3, 0.4) is 0 Å². The van der Waals surface area contributed by atoms with E-state index in [0.29, 0.717) is 0 Å². The second-order valence-corrected chi connectivity index (χ2v) is 27.2. The largest absolute Gasteiger partial charge is 0.454 e. The molecule has 0 atom stereocenters. The average molecular weight is 1090 g/mol. The maximum Gasteiger partial charge on any atom is 0.264 e. The molecule has 0 fully saturated rings. The summed E-state index contributed by atoms with van der Waals surface area (Å²) in [6, 6.07) is 83.8. The van der Waals surface area contributed by atoms with Crippen LogP contribution in [-0.4, -0.2) is 6.71 Å². The van der Waals surface area contributed by atoms with Crippen LogP contribution < -0.4 is 30.4 Å². The lowest BCUT2D eigenvalue weighted by Crippen LogP contribution is -2.60. The zero-order valence-electron chi connectivity index (χ0n) is 47.5. The van der Waals surface area contributed by atoms with Crippen molar-refractivity contribution in [2.24, 2.45) is 0 Å². The van der Waals surface area contributed by atoms with E-state index in [2.05, 4.69) is 301 Å². The van der Waals surface area contributed by atoms with Gasteiger partial charge in [-0.05, 0) is 140 Å². The third-order valence-corrected chi connectivity index (χ3v) is 18.8. The van der Waals surface area contributed by atoms with Gasteiger partial charge in [0.1, 0.15) is 5.58 Å². The summed E-state index contributed by atoms with van der Waals surface area (Å²) in [4.78, 5) is 9.97. The molecule has 2 aliphatic rings. The molecule has 0 N–H and O–H groups in total. The maximum absolute atomic E-state index is 7.11. The minimum atomic E-state index is -0.104. The molecule has 0 saturated heterocycles. The van der Waals surface area contributed by atoms with Crippen LogP contribution in [0.2, 0.25) is 0 Å². The number of benzene rings is 10. The fraction of sp³-hybridized carbons (Fsp3) is 0.162. The maximum atomic E-state index is 7.11. The number of hydrogen-bond donors (Lipinski definition) is 0. The molecule has 4 heterocycles. The topological polar surface area (TPSA) is 22.9 Å². The third-order valence-electron chi connectivity index (χ3n) is 16.6. The zero-order chi connectivity index (χ0) is 55.5. The van der Waals surface area contributed by atoms with E-state index in [-0.39, 0.29) is 23.0 Å². The van der Waals surface area contributed by atoms with Crippen LogP contribution in [0.1, 0.15) is 79.0 Å². The number of rotatable bonds is 8. The molecule has 0 saturated carbocycles. The monoisotopic (exact) mass is 1090 g/mol. The molecule has 12 aromatic rings. The van der Waals surface area contributed by atoms with E-state index in [0.717, 1.165) is 77.8 Å². The van der Waals surface area contributed by atoms with Gasteiger partial charge in [0.25, 0.3) is 6.71 Å². The van der Waals surface area contributed by atoms with Gasteiger partial charge in [0.2, 0.25) is 0 Å². The molecule has 2 aliphatic heterocycles. The lowest BCUT2D eigenvalue weighted by atomic mass is 9.36. The number of anilines is 9. The van der Waals surface area contributed by atoms with E-state index >= 15 is 0 Å². The van der Waals surface area contributed by atoms with Crippen LogP contribution in [0.15, 0.2) is 239 Å². The Morgan fingerprint density at radius 3 is 1.78 bits per heavy atom. The van der Waals surface area contributed by atoms with Gasteiger partial charge in [-0.3, -0.25) is 0 Å². The number of thiophene rings is 1. The summed E-state index contributed by atoms with van der Waals surface area (Å²) in [6.07, 6.45) is 0. The molecule has 4 nitrogen and oxygen atoms in total. The molecule has 81 heavy (non-hydrogen) atoms. The molecule has 0 amide bonds. The molecule has 2 aromatic heterocycles. The molecule has 0 radical (unpaired) electrons. The van der Waals surface area contributed by atoms with E-state index < -0.39 is 0 Å². The first kappa shape index (κ1) is 51.0. The molecule has 0 unspecified atom stereocenters. The van der Waals surface area contributed by atoms with E-state index in [1.807, 2.05) is 23.1 Å². The van der Waals surface area contributed by atoms with Gasteiger partial charge in [0.05, 0.1) is 17.1 Å². The fourth-order valence-electron chi connectivity index (χ4n) is 12.3. The summed E-state index contributed by atoms with van der Waals surface area (Å²) in [6.45, 7) is 20.7. The summed E-state index contributed by atoms with van der Waals surface area (Å²) in [5.74, 6) is 0. The smallest absolute Gasteiger partial charge is 0.264 e. The van der Waals surface area contributed by atoms with Crippen molar-refractivity contribution >= 4 is 129 Å². The van der Waals surface area contributed by atoms with E-state index in [9.17, 15) is 0 Å².